The predicted octanol–water partition coefficient (Wildman–Crippen LogP) is 1.84. The highest BCUT2D eigenvalue weighted by atomic mass is 16.4. The van der Waals surface area contributed by atoms with Crippen LogP contribution < -0.4 is 10.5 Å². The summed E-state index contributed by atoms with van der Waals surface area (Å²) in [6.07, 6.45) is 0.879. The number of carbonyl (C=O) groups is 2. The summed E-state index contributed by atoms with van der Waals surface area (Å²) >= 11 is 0. The van der Waals surface area contributed by atoms with Crippen LogP contribution in [0, 0.1) is 5.92 Å². The molecule has 0 spiro atoms. The van der Waals surface area contributed by atoms with Gasteiger partial charge >= 0.3 is 0 Å². The molecule has 1 amide bonds. The first-order valence-electron chi connectivity index (χ1n) is 8.32. The molecule has 128 valence electrons. The summed E-state index contributed by atoms with van der Waals surface area (Å²) in [6.45, 7) is 0. The van der Waals surface area contributed by atoms with E-state index in [-0.39, 0.29) is 30.6 Å². The van der Waals surface area contributed by atoms with E-state index in [0.29, 0.717) is 5.71 Å². The van der Waals surface area contributed by atoms with Crippen LogP contribution in [0.5, 0.6) is 0 Å². The minimum atomic E-state index is -1.14. The Hall–Kier alpha value is -2.95. The molecule has 25 heavy (non-hydrogen) atoms. The molecule has 5 nitrogen and oxygen atoms in total. The Morgan fingerprint density at radius 2 is 1.64 bits per heavy atom. The summed E-state index contributed by atoms with van der Waals surface area (Å²) < 4.78 is 0. The Bertz CT molecular complexity index is 772. The van der Waals surface area contributed by atoms with Crippen LogP contribution in [0.1, 0.15) is 36.3 Å². The van der Waals surface area contributed by atoms with E-state index in [1.807, 2.05) is 60.7 Å². The van der Waals surface area contributed by atoms with E-state index in [0.717, 1.165) is 17.5 Å². The van der Waals surface area contributed by atoms with Gasteiger partial charge in [-0.3, -0.25) is 4.79 Å². The molecule has 2 aromatic carbocycles. The first-order valence-corrected chi connectivity index (χ1v) is 8.32. The predicted molar refractivity (Wildman–Crippen MR) is 92.7 cm³/mol. The van der Waals surface area contributed by atoms with Crippen LogP contribution >= 0.6 is 0 Å². The molecule has 0 unspecified atom stereocenters. The Kier molecular flexibility index (Phi) is 5.23. The molecule has 0 aromatic heterocycles. The van der Waals surface area contributed by atoms with Crippen molar-refractivity contribution in [1.82, 2.24) is 5.43 Å². The summed E-state index contributed by atoms with van der Waals surface area (Å²) in [5.74, 6) is -1.11. The average molecular weight is 335 g/mol. The lowest BCUT2D eigenvalue weighted by molar-refractivity contribution is -0.305. The number of carboxylic acid groups (broad SMARTS) is 1. The Morgan fingerprint density at radius 3 is 2.28 bits per heavy atom. The molecule has 1 aliphatic carbocycles. The Morgan fingerprint density at radius 1 is 1.00 bits per heavy atom. The first-order chi connectivity index (χ1) is 12.1. The minimum absolute atomic E-state index is 0.0793. The standard InChI is InChI=1S/C20H20N2O3/c23-19(24)12-11-18(15-9-5-2-6-10-15)21-22-20(25)17-13-16(17)14-7-3-1-4-8-14/h1-10,16-17H,11-13H2,(H,22,25)(H,23,24)/p-1/b21-18-/t16-,17-/m1/s1. The van der Waals surface area contributed by atoms with Crippen molar-refractivity contribution in [3.05, 3.63) is 71.8 Å². The molecule has 0 heterocycles. The number of hydrogen-bond acceptors (Lipinski definition) is 4. The molecular weight excluding hydrogens is 316 g/mol. The maximum atomic E-state index is 12.3. The monoisotopic (exact) mass is 335 g/mol. The van der Waals surface area contributed by atoms with Crippen LogP contribution in [0.15, 0.2) is 65.8 Å². The fourth-order valence-corrected chi connectivity index (χ4v) is 2.87. The lowest BCUT2D eigenvalue weighted by Gasteiger charge is -2.08. The summed E-state index contributed by atoms with van der Waals surface area (Å²) in [5, 5.41) is 14.9. The quantitative estimate of drug-likeness (QED) is 0.619. The average Bonchev–Trinajstić information content (AvgIpc) is 3.44. The number of carbonyl (C=O) groups excluding carboxylic acids is 2. The smallest absolute Gasteiger partial charge is 0.243 e. The van der Waals surface area contributed by atoms with Crippen LogP contribution in [0.25, 0.3) is 0 Å². The van der Waals surface area contributed by atoms with Gasteiger partial charge in [0, 0.05) is 11.9 Å². The molecule has 2 atom stereocenters. The fourth-order valence-electron chi connectivity index (χ4n) is 2.87. The highest BCUT2D eigenvalue weighted by molar-refractivity contribution is 6.02. The van der Waals surface area contributed by atoms with Gasteiger partial charge in [-0.2, -0.15) is 5.10 Å². The molecule has 5 heteroatoms. The van der Waals surface area contributed by atoms with Crippen LogP contribution in [0.3, 0.4) is 0 Å². The van der Waals surface area contributed by atoms with Crippen molar-refractivity contribution >= 4 is 17.6 Å². The van der Waals surface area contributed by atoms with Crippen molar-refractivity contribution in [2.75, 3.05) is 0 Å². The van der Waals surface area contributed by atoms with E-state index >= 15 is 0 Å². The van der Waals surface area contributed by atoms with Gasteiger partial charge in [-0.1, -0.05) is 60.7 Å². The SMILES string of the molecule is O=C([O-])CC/C(=N/NC(=O)[C@@H]1C[C@@H]1c1ccccc1)c1ccccc1. The van der Waals surface area contributed by atoms with Crippen molar-refractivity contribution in [1.29, 1.82) is 0 Å². The van der Waals surface area contributed by atoms with Gasteiger partial charge in [0.1, 0.15) is 0 Å². The summed E-state index contributed by atoms with van der Waals surface area (Å²) in [6, 6.07) is 19.2. The molecule has 0 saturated heterocycles. The van der Waals surface area contributed by atoms with Gasteiger partial charge < -0.3 is 9.90 Å². The van der Waals surface area contributed by atoms with Crippen molar-refractivity contribution in [3.63, 3.8) is 0 Å². The Labute approximate surface area is 146 Å². The van der Waals surface area contributed by atoms with Gasteiger partial charge in [0.05, 0.1) is 5.71 Å². The van der Waals surface area contributed by atoms with Gasteiger partial charge in [0.25, 0.3) is 0 Å². The van der Waals surface area contributed by atoms with Gasteiger partial charge in [-0.15, -0.1) is 0 Å². The van der Waals surface area contributed by atoms with E-state index in [2.05, 4.69) is 10.5 Å². The van der Waals surface area contributed by atoms with Crippen molar-refractivity contribution in [2.45, 2.75) is 25.2 Å². The largest absolute Gasteiger partial charge is 0.550 e. The van der Waals surface area contributed by atoms with Crippen molar-refractivity contribution in [2.24, 2.45) is 11.0 Å². The van der Waals surface area contributed by atoms with Crippen molar-refractivity contribution < 1.29 is 14.7 Å². The highest BCUT2D eigenvalue weighted by Gasteiger charge is 2.43. The normalized spacial score (nSPS) is 19.3. The molecule has 0 bridgehead atoms. The second kappa shape index (κ2) is 7.75. The zero-order valence-electron chi connectivity index (χ0n) is 13.7. The number of aliphatic carboxylic acids is 1. The van der Waals surface area contributed by atoms with E-state index in [1.54, 1.807) is 0 Å². The number of nitrogens with zero attached hydrogens (tertiary/aromatic N) is 1. The van der Waals surface area contributed by atoms with E-state index < -0.39 is 5.97 Å². The third-order valence-corrected chi connectivity index (χ3v) is 4.33. The molecule has 0 aliphatic heterocycles. The molecule has 3 rings (SSSR count). The lowest BCUT2D eigenvalue weighted by Crippen LogP contribution is -2.25. The lowest BCUT2D eigenvalue weighted by atomic mass is 10.1. The fraction of sp³-hybridized carbons (Fsp3) is 0.250. The molecule has 1 saturated carbocycles. The van der Waals surface area contributed by atoms with Crippen molar-refractivity contribution in [3.8, 4) is 0 Å². The van der Waals surface area contributed by atoms with Crippen LogP contribution in [0.4, 0.5) is 0 Å². The molecule has 1 N–H and O–H groups in total. The van der Waals surface area contributed by atoms with Gasteiger partial charge in [0.2, 0.25) is 5.91 Å². The van der Waals surface area contributed by atoms with Gasteiger partial charge in [-0.05, 0) is 36.3 Å². The van der Waals surface area contributed by atoms with Gasteiger partial charge in [-0.25, -0.2) is 5.43 Å². The third-order valence-electron chi connectivity index (χ3n) is 4.33. The summed E-state index contributed by atoms with van der Waals surface area (Å²) in [5.41, 5.74) is 5.09. The molecular formula is C20H19N2O3-. The zero-order chi connectivity index (χ0) is 17.6. The van der Waals surface area contributed by atoms with Gasteiger partial charge in [0.15, 0.2) is 0 Å². The number of hydrogen-bond donors (Lipinski definition) is 1. The summed E-state index contributed by atoms with van der Waals surface area (Å²) in [7, 11) is 0. The Balaban J connectivity index is 1.65. The molecule has 1 fully saturated rings. The number of rotatable bonds is 7. The zero-order valence-corrected chi connectivity index (χ0v) is 13.7. The second-order valence-corrected chi connectivity index (χ2v) is 6.13. The van der Waals surface area contributed by atoms with Crippen LogP contribution in [-0.4, -0.2) is 17.6 Å². The summed E-state index contributed by atoms with van der Waals surface area (Å²) in [4.78, 5) is 23.1. The third kappa shape index (κ3) is 4.53. The number of hydrazone groups is 1. The number of amides is 1. The molecule has 1 aliphatic rings. The number of nitrogens with one attached hydrogen (secondary N) is 1. The van der Waals surface area contributed by atoms with E-state index in [4.69, 9.17) is 0 Å². The second-order valence-electron chi connectivity index (χ2n) is 6.13. The van der Waals surface area contributed by atoms with E-state index in [1.165, 1.54) is 0 Å². The highest BCUT2D eigenvalue weighted by Crippen LogP contribution is 2.47. The first kappa shape index (κ1) is 16.9. The molecule has 2 aromatic rings. The van der Waals surface area contributed by atoms with Crippen LogP contribution in [-0.2, 0) is 9.59 Å². The maximum Gasteiger partial charge on any atom is 0.243 e. The number of carboxylic acids is 1. The topological polar surface area (TPSA) is 81.6 Å². The maximum absolute atomic E-state index is 12.3. The van der Waals surface area contributed by atoms with E-state index in [9.17, 15) is 14.7 Å². The minimum Gasteiger partial charge on any atom is -0.550 e. The molecule has 0 radical (unpaired) electrons. The number of benzene rings is 2. The van der Waals surface area contributed by atoms with Crippen LogP contribution in [0.2, 0.25) is 0 Å².